The molecule has 0 unspecified atom stereocenters. The van der Waals surface area contributed by atoms with E-state index in [1.807, 2.05) is 78.9 Å². The lowest BCUT2D eigenvalue weighted by Gasteiger charge is -2.30. The number of hydrogen-bond acceptors (Lipinski definition) is 3. The van der Waals surface area contributed by atoms with Gasteiger partial charge in [-0.15, -0.1) is 0 Å². The average Bonchev–Trinajstić information content (AvgIpc) is 3.37. The molecule has 3 aromatic rings. The quantitative estimate of drug-likeness (QED) is 0.281. The van der Waals surface area contributed by atoms with Crippen molar-refractivity contribution in [2.24, 2.45) is 0 Å². The molecule has 1 N–H and O–H groups in total. The van der Waals surface area contributed by atoms with Gasteiger partial charge in [-0.2, -0.15) is 0 Å². The molecule has 0 radical (unpaired) electrons. The van der Waals surface area contributed by atoms with Crippen LogP contribution in [-0.4, -0.2) is 34.5 Å². The van der Waals surface area contributed by atoms with Gasteiger partial charge in [-0.3, -0.25) is 9.59 Å². The Morgan fingerprint density at radius 1 is 0.861 bits per heavy atom. The van der Waals surface area contributed by atoms with E-state index < -0.39 is 12.0 Å². The van der Waals surface area contributed by atoms with Crippen LogP contribution in [0.3, 0.4) is 0 Å². The van der Waals surface area contributed by atoms with Gasteiger partial charge in [0.1, 0.15) is 5.75 Å². The van der Waals surface area contributed by atoms with Crippen molar-refractivity contribution in [3.8, 4) is 16.9 Å². The van der Waals surface area contributed by atoms with Crippen LogP contribution in [0, 0.1) is 0 Å². The van der Waals surface area contributed by atoms with E-state index in [9.17, 15) is 11.0 Å². The van der Waals surface area contributed by atoms with Crippen LogP contribution in [0.2, 0.25) is 0 Å². The third-order valence-electron chi connectivity index (χ3n) is 6.64. The first-order valence-electron chi connectivity index (χ1n) is 13.4. The Morgan fingerprint density at radius 3 is 2.25 bits per heavy atom. The zero-order chi connectivity index (χ0) is 26.1. The summed E-state index contributed by atoms with van der Waals surface area (Å²) in [6.07, 6.45) is 5.55. The Kier molecular flexibility index (Phi) is 8.65. The molecular weight excluding hydrogens is 450 g/mol. The lowest BCUT2D eigenvalue weighted by Crippen LogP contribution is -2.38. The van der Waals surface area contributed by atoms with Crippen molar-refractivity contribution in [2.45, 2.75) is 63.9 Å². The maximum Gasteiger partial charge on any atom is 0.303 e. The Morgan fingerprint density at radius 2 is 1.53 bits per heavy atom. The molecule has 5 heteroatoms. The standard InChI is InChI=1S/C31H35NO4/c33-30(34)17-5-2-10-22-36-29-16-9-6-13-27(29)23-32(28-14-7-8-15-28)31(35)26-20-18-25(19-21-26)24-11-3-1-4-12-24/h1,3-4,6,9,11-13,16,18-21,28H,2,5,7-8,10,14-15,17,22-23H2,(H,33,34)/i28D. The summed E-state index contributed by atoms with van der Waals surface area (Å²) in [5, 5.41) is 8.79. The molecule has 5 nitrogen and oxygen atoms in total. The van der Waals surface area contributed by atoms with Crippen LogP contribution in [0.5, 0.6) is 5.75 Å². The van der Waals surface area contributed by atoms with Gasteiger partial charge in [0.2, 0.25) is 0 Å². The van der Waals surface area contributed by atoms with Crippen molar-refractivity contribution < 1.29 is 20.8 Å². The number of aliphatic carboxylic acids is 1. The molecule has 4 rings (SSSR count). The molecule has 3 aromatic carbocycles. The van der Waals surface area contributed by atoms with Crippen molar-refractivity contribution >= 4 is 11.9 Å². The highest BCUT2D eigenvalue weighted by molar-refractivity contribution is 5.95. The number of carbonyl (C=O) groups is 2. The number of carboxylic acid groups (broad SMARTS) is 1. The predicted octanol–water partition coefficient (Wildman–Crippen LogP) is 6.96. The molecule has 1 fully saturated rings. The van der Waals surface area contributed by atoms with Crippen molar-refractivity contribution in [2.75, 3.05) is 6.61 Å². The molecule has 0 heterocycles. The summed E-state index contributed by atoms with van der Waals surface area (Å²) in [6.45, 7) is 0.787. The number of ether oxygens (including phenoxy) is 1. The number of carbonyl (C=O) groups excluding carboxylic acids is 1. The average molecular weight is 487 g/mol. The van der Waals surface area contributed by atoms with Crippen LogP contribution in [0.1, 0.15) is 68.7 Å². The van der Waals surface area contributed by atoms with Gasteiger partial charge in [0, 0.05) is 30.1 Å². The van der Waals surface area contributed by atoms with E-state index >= 15 is 0 Å². The third kappa shape index (κ3) is 6.97. The van der Waals surface area contributed by atoms with Gasteiger partial charge in [0.25, 0.3) is 5.91 Å². The molecule has 0 atom stereocenters. The normalized spacial score (nSPS) is 14.7. The maximum atomic E-state index is 13.8. The molecule has 0 aliphatic heterocycles. The Balaban J connectivity index is 1.49. The van der Waals surface area contributed by atoms with Crippen molar-refractivity contribution in [1.29, 1.82) is 0 Å². The molecule has 1 amide bonds. The van der Waals surface area contributed by atoms with E-state index in [1.54, 1.807) is 4.90 Å². The first-order chi connectivity index (χ1) is 18.0. The Hall–Kier alpha value is -3.60. The molecule has 0 spiro atoms. The number of rotatable bonds is 12. The molecular formula is C31H35NO4. The smallest absolute Gasteiger partial charge is 0.303 e. The summed E-state index contributed by atoms with van der Waals surface area (Å²) in [6, 6.07) is 24.5. The van der Waals surface area contributed by atoms with Crippen molar-refractivity contribution in [1.82, 2.24) is 4.90 Å². The third-order valence-corrected chi connectivity index (χ3v) is 6.64. The van der Waals surface area contributed by atoms with Gasteiger partial charge in [-0.1, -0.05) is 73.5 Å². The predicted molar refractivity (Wildman–Crippen MR) is 142 cm³/mol. The summed E-state index contributed by atoms with van der Waals surface area (Å²) >= 11 is 0. The fourth-order valence-corrected chi connectivity index (χ4v) is 4.65. The highest BCUT2D eigenvalue weighted by atomic mass is 16.5. The van der Waals surface area contributed by atoms with Crippen LogP contribution < -0.4 is 4.74 Å². The van der Waals surface area contributed by atoms with Crippen LogP contribution in [0.15, 0.2) is 78.9 Å². The summed E-state index contributed by atoms with van der Waals surface area (Å²) < 4.78 is 15.2. The second kappa shape index (κ2) is 12.9. The summed E-state index contributed by atoms with van der Waals surface area (Å²) in [4.78, 5) is 26.2. The number of para-hydroxylation sites is 1. The lowest BCUT2D eigenvalue weighted by molar-refractivity contribution is -0.137. The second-order valence-electron chi connectivity index (χ2n) is 9.27. The summed E-state index contributed by atoms with van der Waals surface area (Å²) in [5.74, 6) is -0.207. The molecule has 1 aliphatic rings. The minimum absolute atomic E-state index is 0.139. The van der Waals surface area contributed by atoms with Gasteiger partial charge < -0.3 is 14.7 Å². The number of amides is 1. The summed E-state index contributed by atoms with van der Waals surface area (Å²) in [7, 11) is 0. The van der Waals surface area contributed by atoms with Crippen LogP contribution in [0.4, 0.5) is 0 Å². The van der Waals surface area contributed by atoms with Crippen LogP contribution in [-0.2, 0) is 11.3 Å². The van der Waals surface area contributed by atoms with Gasteiger partial charge in [-0.05, 0) is 61.4 Å². The van der Waals surface area contributed by atoms with Gasteiger partial charge in [0.05, 0.1) is 7.98 Å². The highest BCUT2D eigenvalue weighted by Gasteiger charge is 2.28. The molecule has 188 valence electrons. The molecule has 1 saturated carbocycles. The highest BCUT2D eigenvalue weighted by Crippen LogP contribution is 2.30. The molecule has 0 saturated heterocycles. The molecule has 0 bridgehead atoms. The molecule has 36 heavy (non-hydrogen) atoms. The van der Waals surface area contributed by atoms with E-state index in [0.717, 1.165) is 42.4 Å². The second-order valence-corrected chi connectivity index (χ2v) is 9.27. The monoisotopic (exact) mass is 486 g/mol. The number of carboxylic acids is 1. The first-order valence-corrected chi connectivity index (χ1v) is 12.9. The largest absolute Gasteiger partial charge is 0.493 e. The SMILES string of the molecule is [2H]C1(N(Cc2ccccc2OCCCCCC(=O)O)C(=O)c2ccc(-c3ccccc3)cc2)CCCC1. The molecule has 1 aliphatic carbocycles. The lowest BCUT2D eigenvalue weighted by atomic mass is 10.0. The zero-order valence-corrected chi connectivity index (χ0v) is 20.7. The van der Waals surface area contributed by atoms with E-state index in [4.69, 9.17) is 9.84 Å². The summed E-state index contributed by atoms with van der Waals surface area (Å²) in [5.41, 5.74) is 3.60. The van der Waals surface area contributed by atoms with Crippen LogP contribution >= 0.6 is 0 Å². The topological polar surface area (TPSA) is 66.8 Å². The van der Waals surface area contributed by atoms with E-state index in [-0.39, 0.29) is 12.3 Å². The van der Waals surface area contributed by atoms with Crippen molar-refractivity contribution in [3.05, 3.63) is 90.0 Å². The number of benzene rings is 3. The van der Waals surface area contributed by atoms with E-state index in [0.29, 0.717) is 43.7 Å². The maximum absolute atomic E-state index is 13.8. The van der Waals surface area contributed by atoms with Crippen LogP contribution in [0.25, 0.3) is 11.1 Å². The minimum atomic E-state index is -0.945. The number of unbranched alkanes of at least 4 members (excludes halogenated alkanes) is 2. The fourth-order valence-electron chi connectivity index (χ4n) is 4.65. The van der Waals surface area contributed by atoms with Gasteiger partial charge >= 0.3 is 5.97 Å². The van der Waals surface area contributed by atoms with E-state index in [2.05, 4.69) is 0 Å². The zero-order valence-electron chi connectivity index (χ0n) is 21.7. The van der Waals surface area contributed by atoms with Gasteiger partial charge in [0.15, 0.2) is 0 Å². The fraction of sp³-hybridized carbons (Fsp3) is 0.355. The Labute approximate surface area is 215 Å². The van der Waals surface area contributed by atoms with E-state index in [1.165, 1.54) is 0 Å². The van der Waals surface area contributed by atoms with Crippen molar-refractivity contribution in [3.63, 3.8) is 0 Å². The number of nitrogens with zero attached hydrogens (tertiary/aromatic N) is 1. The van der Waals surface area contributed by atoms with Gasteiger partial charge in [-0.25, -0.2) is 0 Å². The minimum Gasteiger partial charge on any atom is -0.493 e. The number of hydrogen-bond donors (Lipinski definition) is 1. The molecule has 0 aromatic heterocycles. The Bertz CT molecular complexity index is 1170. The first kappa shape index (κ1) is 24.1.